The van der Waals surface area contributed by atoms with Crippen molar-refractivity contribution >= 4 is 22.8 Å². The fraction of sp³-hybridized carbons (Fsp3) is 0.526. The number of halogens is 3. The molecule has 4 rings (SSSR count). The van der Waals surface area contributed by atoms with E-state index in [1.807, 2.05) is 13.1 Å². The lowest BCUT2D eigenvalue weighted by Gasteiger charge is -2.30. The van der Waals surface area contributed by atoms with Gasteiger partial charge in [-0.1, -0.05) is 6.08 Å². The molecular weight excluding hydrogens is 387 g/mol. The number of carbonyl (C=O) groups excluding carboxylic acids is 1. The van der Waals surface area contributed by atoms with Crippen molar-refractivity contribution < 1.29 is 23.1 Å². The molecule has 0 spiro atoms. The van der Waals surface area contributed by atoms with Crippen molar-refractivity contribution in [2.75, 3.05) is 25.0 Å². The van der Waals surface area contributed by atoms with E-state index < -0.39 is 23.6 Å². The Bertz CT molecular complexity index is 945. The van der Waals surface area contributed by atoms with Crippen LogP contribution in [0.1, 0.15) is 12.8 Å². The number of nitrogens with one attached hydrogen (secondary N) is 1. The second kappa shape index (κ2) is 6.72. The van der Waals surface area contributed by atoms with Crippen molar-refractivity contribution in [3.8, 4) is 0 Å². The molecule has 29 heavy (non-hydrogen) atoms. The van der Waals surface area contributed by atoms with Gasteiger partial charge < -0.3 is 19.9 Å². The summed E-state index contributed by atoms with van der Waals surface area (Å²) >= 11 is 0. The zero-order valence-electron chi connectivity index (χ0n) is 15.9. The zero-order valence-corrected chi connectivity index (χ0v) is 15.9. The maximum atomic E-state index is 12.7. The van der Waals surface area contributed by atoms with Crippen LogP contribution in [0.25, 0.3) is 11.0 Å². The van der Waals surface area contributed by atoms with Gasteiger partial charge in [0.15, 0.2) is 0 Å². The smallest absolute Gasteiger partial charge is 0.376 e. The van der Waals surface area contributed by atoms with Crippen molar-refractivity contribution in [1.29, 1.82) is 0 Å². The Morgan fingerprint density at radius 2 is 2.28 bits per heavy atom. The molecule has 4 atom stereocenters. The standard InChI is InChI=1S/C19H22F3N5O2/c1-3-18-7-12(26(2)16-13-4-5-23-15(13)24-10-25-16)6-11(18)8-27(9-18)17(29)14(28)19(20,21)22/h3-5,10-12,14,28H,1,6-9H2,2H3,(H,23,24,25)/t11?,12-,14-,18?/m0/s1. The molecule has 1 aliphatic carbocycles. The Morgan fingerprint density at radius 3 is 2.93 bits per heavy atom. The van der Waals surface area contributed by atoms with Crippen LogP contribution in [-0.2, 0) is 4.79 Å². The third-order valence-corrected chi connectivity index (χ3v) is 6.39. The Labute approximate surface area is 165 Å². The molecule has 7 nitrogen and oxygen atoms in total. The fourth-order valence-electron chi connectivity index (χ4n) is 4.79. The number of fused-ring (bicyclic) bond motifs is 2. The normalized spacial score (nSPS) is 27.8. The van der Waals surface area contributed by atoms with E-state index in [0.717, 1.165) is 21.8 Å². The molecule has 2 fully saturated rings. The number of aliphatic hydroxyl groups excluding tert-OH is 1. The van der Waals surface area contributed by atoms with Gasteiger partial charge in [-0.15, -0.1) is 6.58 Å². The highest BCUT2D eigenvalue weighted by Gasteiger charge is 2.55. The highest BCUT2D eigenvalue weighted by atomic mass is 19.4. The molecule has 156 valence electrons. The first-order chi connectivity index (χ1) is 13.7. The molecule has 0 radical (unpaired) electrons. The van der Waals surface area contributed by atoms with E-state index >= 15 is 0 Å². The van der Waals surface area contributed by atoms with Crippen LogP contribution in [0, 0.1) is 11.3 Å². The number of aromatic nitrogens is 3. The van der Waals surface area contributed by atoms with E-state index in [1.54, 1.807) is 12.3 Å². The average Bonchev–Trinajstić information content (AvgIpc) is 3.37. The molecular formula is C19H22F3N5O2. The number of carbonyl (C=O) groups is 1. The quantitative estimate of drug-likeness (QED) is 0.756. The number of hydrogen-bond donors (Lipinski definition) is 2. The molecule has 10 heteroatoms. The maximum Gasteiger partial charge on any atom is 0.423 e. The van der Waals surface area contributed by atoms with E-state index in [9.17, 15) is 23.1 Å². The van der Waals surface area contributed by atoms with Crippen LogP contribution in [0.3, 0.4) is 0 Å². The highest BCUT2D eigenvalue weighted by Crippen LogP contribution is 2.51. The first-order valence-corrected chi connectivity index (χ1v) is 9.34. The molecule has 2 aromatic rings. The summed E-state index contributed by atoms with van der Waals surface area (Å²) < 4.78 is 38.2. The maximum absolute atomic E-state index is 12.7. The van der Waals surface area contributed by atoms with Gasteiger partial charge in [0, 0.05) is 37.8 Å². The lowest BCUT2D eigenvalue weighted by atomic mass is 9.81. The van der Waals surface area contributed by atoms with Gasteiger partial charge in [0.05, 0.1) is 5.39 Å². The summed E-state index contributed by atoms with van der Waals surface area (Å²) in [7, 11) is 1.94. The number of aliphatic hydroxyl groups is 1. The number of anilines is 1. The summed E-state index contributed by atoms with van der Waals surface area (Å²) in [5.74, 6) is -0.538. The Balaban J connectivity index is 1.52. The minimum absolute atomic E-state index is 0.0274. The topological polar surface area (TPSA) is 85.4 Å². The molecule has 3 heterocycles. The van der Waals surface area contributed by atoms with Crippen LogP contribution in [0.15, 0.2) is 31.2 Å². The number of likely N-dealkylation sites (tertiary alicyclic amines) is 1. The summed E-state index contributed by atoms with van der Waals surface area (Å²) in [5.41, 5.74) is 0.251. The monoisotopic (exact) mass is 409 g/mol. The van der Waals surface area contributed by atoms with Gasteiger partial charge in [0.2, 0.25) is 6.10 Å². The molecule has 2 N–H and O–H groups in total. The zero-order chi connectivity index (χ0) is 21.0. The Morgan fingerprint density at radius 1 is 1.52 bits per heavy atom. The number of nitrogens with zero attached hydrogens (tertiary/aromatic N) is 4. The highest BCUT2D eigenvalue weighted by molar-refractivity contribution is 5.87. The predicted octanol–water partition coefficient (Wildman–Crippen LogP) is 2.11. The lowest BCUT2D eigenvalue weighted by Crippen LogP contribution is -2.46. The van der Waals surface area contributed by atoms with Crippen molar-refractivity contribution in [2.45, 2.75) is 31.2 Å². The number of hydrogen-bond acceptors (Lipinski definition) is 5. The van der Waals surface area contributed by atoms with E-state index in [-0.39, 0.29) is 25.0 Å². The predicted molar refractivity (Wildman–Crippen MR) is 100 cm³/mol. The molecule has 1 aliphatic heterocycles. The number of alkyl halides is 3. The summed E-state index contributed by atoms with van der Waals surface area (Å²) in [6.07, 6.45) is -1.59. The van der Waals surface area contributed by atoms with E-state index in [1.165, 1.54) is 6.33 Å². The summed E-state index contributed by atoms with van der Waals surface area (Å²) in [4.78, 5) is 27.0. The van der Waals surface area contributed by atoms with Crippen LogP contribution in [0.5, 0.6) is 0 Å². The Kier molecular flexibility index (Phi) is 4.56. The van der Waals surface area contributed by atoms with Gasteiger partial charge in [-0.25, -0.2) is 9.97 Å². The van der Waals surface area contributed by atoms with Gasteiger partial charge in [-0.3, -0.25) is 4.79 Å². The van der Waals surface area contributed by atoms with E-state index in [2.05, 4.69) is 26.4 Å². The van der Waals surface area contributed by atoms with Gasteiger partial charge in [0.25, 0.3) is 5.91 Å². The van der Waals surface area contributed by atoms with Gasteiger partial charge in [-0.2, -0.15) is 13.2 Å². The molecule has 2 aliphatic rings. The van der Waals surface area contributed by atoms with Gasteiger partial charge >= 0.3 is 6.18 Å². The van der Waals surface area contributed by atoms with E-state index in [4.69, 9.17) is 0 Å². The first kappa shape index (κ1) is 19.7. The Hall–Kier alpha value is -2.62. The largest absolute Gasteiger partial charge is 0.423 e. The van der Waals surface area contributed by atoms with Gasteiger partial charge in [-0.05, 0) is 24.8 Å². The van der Waals surface area contributed by atoms with Crippen molar-refractivity contribution in [1.82, 2.24) is 19.9 Å². The molecule has 1 saturated carbocycles. The van der Waals surface area contributed by atoms with Crippen molar-refractivity contribution in [3.05, 3.63) is 31.2 Å². The van der Waals surface area contributed by atoms with E-state index in [0.29, 0.717) is 12.8 Å². The third-order valence-electron chi connectivity index (χ3n) is 6.39. The lowest BCUT2D eigenvalue weighted by molar-refractivity contribution is -0.210. The van der Waals surface area contributed by atoms with Crippen LogP contribution < -0.4 is 4.90 Å². The molecule has 1 saturated heterocycles. The first-order valence-electron chi connectivity index (χ1n) is 9.34. The van der Waals surface area contributed by atoms with Crippen LogP contribution in [-0.4, -0.2) is 69.3 Å². The summed E-state index contributed by atoms with van der Waals surface area (Å²) in [6, 6.07) is 2.00. The number of amides is 1. The molecule has 0 bridgehead atoms. The second-order valence-corrected chi connectivity index (χ2v) is 7.94. The minimum Gasteiger partial charge on any atom is -0.376 e. The molecule has 0 aromatic carbocycles. The fourth-order valence-corrected chi connectivity index (χ4v) is 4.79. The molecule has 1 amide bonds. The molecule has 2 unspecified atom stereocenters. The summed E-state index contributed by atoms with van der Waals surface area (Å²) in [5, 5.41) is 10.2. The second-order valence-electron chi connectivity index (χ2n) is 7.94. The van der Waals surface area contributed by atoms with Crippen LogP contribution in [0.4, 0.5) is 19.0 Å². The van der Waals surface area contributed by atoms with Crippen LogP contribution in [0.2, 0.25) is 0 Å². The van der Waals surface area contributed by atoms with Crippen LogP contribution >= 0.6 is 0 Å². The number of H-pyrrole nitrogens is 1. The van der Waals surface area contributed by atoms with Gasteiger partial charge in [0.1, 0.15) is 17.8 Å². The minimum atomic E-state index is -4.96. The van der Waals surface area contributed by atoms with Crippen molar-refractivity contribution in [2.24, 2.45) is 11.3 Å². The third kappa shape index (κ3) is 3.15. The summed E-state index contributed by atoms with van der Waals surface area (Å²) in [6.45, 7) is 4.20. The molecule has 2 aromatic heterocycles. The number of aromatic amines is 1. The average molecular weight is 409 g/mol. The number of rotatable bonds is 4. The van der Waals surface area contributed by atoms with Crippen molar-refractivity contribution in [3.63, 3.8) is 0 Å². The SMILES string of the molecule is C=CC12C[C@@H](N(C)c3ncnc4[nH]ccc34)CC1CN(C(=O)[C@H](O)C(F)(F)F)C2.